The number of anilines is 1. The lowest BCUT2D eigenvalue weighted by atomic mass is 9.47. The average molecular weight is 408 g/mol. The minimum Gasteiger partial charge on any atom is -0.338 e. The zero-order chi connectivity index (χ0) is 21.1. The second-order valence-corrected chi connectivity index (χ2v) is 10.5. The molecule has 5 nitrogen and oxygen atoms in total. The molecule has 30 heavy (non-hydrogen) atoms. The first-order valence-electron chi connectivity index (χ1n) is 11.5. The van der Waals surface area contributed by atoms with Crippen LogP contribution < -0.4 is 5.32 Å². The Kier molecular flexibility index (Phi) is 4.57. The highest BCUT2D eigenvalue weighted by molar-refractivity contribution is 5.93. The van der Waals surface area contributed by atoms with Crippen molar-refractivity contribution >= 4 is 17.5 Å². The van der Waals surface area contributed by atoms with Crippen molar-refractivity contribution in [2.24, 2.45) is 34.5 Å². The molecule has 0 saturated heterocycles. The summed E-state index contributed by atoms with van der Waals surface area (Å²) < 4.78 is 0. The number of nitrogens with one attached hydrogen (secondary N) is 1. The van der Waals surface area contributed by atoms with Crippen molar-refractivity contribution in [1.82, 2.24) is 9.88 Å². The number of carbonyl (C=O) groups excluding carboxylic acids is 2. The van der Waals surface area contributed by atoms with E-state index in [9.17, 15) is 9.59 Å². The average Bonchev–Trinajstić information content (AvgIpc) is 3.09. The fourth-order valence-electron chi connectivity index (χ4n) is 7.84. The standard InChI is InChI=1S/C25H33N3O2/c1-24-12-10-19-17(6-9-21-25(19,2)13-11-22(29)28(21)3)18(24)7-8-20(24)23(30)27-16-5-4-14-26-15-16/h4-5,11,13-15,17-21H,6-10,12H2,1-3H3,(H,27,30)/t17-,18-,19-,20+,21+,24-,25+/m0/s1. The summed E-state index contributed by atoms with van der Waals surface area (Å²) in [6.45, 7) is 4.74. The minimum atomic E-state index is 0.0585. The molecule has 0 unspecified atom stereocenters. The number of pyridine rings is 1. The molecule has 0 bridgehead atoms. The first kappa shape index (κ1) is 19.8. The SMILES string of the molecule is CN1C(=O)C=C[C@]2(C)[C@H]3CC[C@]4(C)[C@@H](C(=O)Nc5cccnc5)CC[C@H]4[C@@H]3CC[C@@H]12. The predicted molar refractivity (Wildman–Crippen MR) is 116 cm³/mol. The smallest absolute Gasteiger partial charge is 0.246 e. The van der Waals surface area contributed by atoms with Crippen LogP contribution in [0.2, 0.25) is 0 Å². The van der Waals surface area contributed by atoms with E-state index >= 15 is 0 Å². The first-order chi connectivity index (χ1) is 14.3. The Hall–Kier alpha value is -2.17. The molecule has 5 heteroatoms. The zero-order valence-corrected chi connectivity index (χ0v) is 18.3. The maximum Gasteiger partial charge on any atom is 0.246 e. The topological polar surface area (TPSA) is 62.3 Å². The van der Waals surface area contributed by atoms with Crippen LogP contribution in [0.25, 0.3) is 0 Å². The van der Waals surface area contributed by atoms with Gasteiger partial charge < -0.3 is 10.2 Å². The fraction of sp³-hybridized carbons (Fsp3) is 0.640. The molecule has 1 aromatic rings. The van der Waals surface area contributed by atoms with Crippen LogP contribution in [-0.2, 0) is 9.59 Å². The van der Waals surface area contributed by atoms with Crippen LogP contribution in [0.3, 0.4) is 0 Å². The van der Waals surface area contributed by atoms with E-state index in [0.29, 0.717) is 23.8 Å². The molecule has 1 aliphatic heterocycles. The van der Waals surface area contributed by atoms with Gasteiger partial charge in [0.1, 0.15) is 0 Å². The normalized spacial score (nSPS) is 42.3. The van der Waals surface area contributed by atoms with E-state index in [-0.39, 0.29) is 28.6 Å². The second kappa shape index (κ2) is 6.93. The van der Waals surface area contributed by atoms with Crippen LogP contribution in [0.15, 0.2) is 36.7 Å². The van der Waals surface area contributed by atoms with Crippen molar-refractivity contribution in [3.63, 3.8) is 0 Å². The molecule has 5 rings (SSSR count). The van der Waals surface area contributed by atoms with Gasteiger partial charge in [-0.15, -0.1) is 0 Å². The summed E-state index contributed by atoms with van der Waals surface area (Å²) in [7, 11) is 1.97. The summed E-state index contributed by atoms with van der Waals surface area (Å²) in [5.41, 5.74) is 0.913. The quantitative estimate of drug-likeness (QED) is 0.796. The molecule has 0 aromatic carbocycles. The van der Waals surface area contributed by atoms with E-state index in [4.69, 9.17) is 0 Å². The highest BCUT2D eigenvalue weighted by Gasteiger charge is 2.61. The van der Waals surface area contributed by atoms with Crippen LogP contribution in [-0.4, -0.2) is 34.8 Å². The lowest BCUT2D eigenvalue weighted by Crippen LogP contribution is -2.59. The van der Waals surface area contributed by atoms with Gasteiger partial charge in [0.25, 0.3) is 0 Å². The van der Waals surface area contributed by atoms with Crippen LogP contribution in [0.4, 0.5) is 5.69 Å². The molecular weight excluding hydrogens is 374 g/mol. The van der Waals surface area contributed by atoms with E-state index in [2.05, 4.69) is 30.2 Å². The largest absolute Gasteiger partial charge is 0.338 e. The highest BCUT2D eigenvalue weighted by atomic mass is 16.2. The molecule has 3 aliphatic carbocycles. The number of nitrogens with zero attached hydrogens (tertiary/aromatic N) is 2. The maximum atomic E-state index is 13.2. The molecule has 0 spiro atoms. The summed E-state index contributed by atoms with van der Waals surface area (Å²) in [6.07, 6.45) is 14.1. The molecule has 160 valence electrons. The molecule has 1 aromatic heterocycles. The Balaban J connectivity index is 1.38. The van der Waals surface area contributed by atoms with Crippen LogP contribution in [0, 0.1) is 34.5 Å². The van der Waals surface area contributed by atoms with Gasteiger partial charge in [-0.05, 0) is 79.9 Å². The van der Waals surface area contributed by atoms with Crippen molar-refractivity contribution in [1.29, 1.82) is 0 Å². The molecule has 1 N–H and O–H groups in total. The number of likely N-dealkylation sites (N-methyl/N-ethyl adjacent to an activating group) is 1. The second-order valence-electron chi connectivity index (χ2n) is 10.5. The number of carbonyl (C=O) groups is 2. The van der Waals surface area contributed by atoms with E-state index in [1.807, 2.05) is 24.1 Å². The predicted octanol–water partition coefficient (Wildman–Crippen LogP) is 4.28. The number of aromatic nitrogens is 1. The van der Waals surface area contributed by atoms with Gasteiger partial charge in [0.2, 0.25) is 11.8 Å². The molecule has 4 aliphatic rings. The van der Waals surface area contributed by atoms with Gasteiger partial charge in [-0.3, -0.25) is 14.6 Å². The van der Waals surface area contributed by atoms with Crippen molar-refractivity contribution in [2.45, 2.75) is 58.4 Å². The van der Waals surface area contributed by atoms with Gasteiger partial charge in [0, 0.05) is 30.6 Å². The van der Waals surface area contributed by atoms with E-state index in [1.165, 1.54) is 6.42 Å². The van der Waals surface area contributed by atoms with Crippen molar-refractivity contribution in [3.8, 4) is 0 Å². The van der Waals surface area contributed by atoms with E-state index in [1.54, 1.807) is 18.5 Å². The Morgan fingerprint density at radius 1 is 1.17 bits per heavy atom. The van der Waals surface area contributed by atoms with Gasteiger partial charge in [-0.25, -0.2) is 0 Å². The highest BCUT2D eigenvalue weighted by Crippen LogP contribution is 2.65. The number of hydrogen-bond donors (Lipinski definition) is 1. The van der Waals surface area contributed by atoms with Gasteiger partial charge in [-0.1, -0.05) is 19.9 Å². The van der Waals surface area contributed by atoms with Gasteiger partial charge in [0.05, 0.1) is 11.9 Å². The molecule has 2 amide bonds. The molecule has 3 saturated carbocycles. The Morgan fingerprint density at radius 3 is 2.77 bits per heavy atom. The van der Waals surface area contributed by atoms with Crippen LogP contribution >= 0.6 is 0 Å². The fourth-order valence-corrected chi connectivity index (χ4v) is 7.84. The molecule has 2 heterocycles. The summed E-state index contributed by atoms with van der Waals surface area (Å²) in [5, 5.41) is 3.12. The van der Waals surface area contributed by atoms with Crippen LogP contribution in [0.5, 0.6) is 0 Å². The number of fused-ring (bicyclic) bond motifs is 5. The third-order valence-corrected chi connectivity index (χ3v) is 9.37. The molecule has 7 atom stereocenters. The lowest BCUT2D eigenvalue weighted by Gasteiger charge is -2.60. The van der Waals surface area contributed by atoms with Crippen molar-refractivity contribution in [2.75, 3.05) is 12.4 Å². The maximum absolute atomic E-state index is 13.2. The van der Waals surface area contributed by atoms with Crippen LogP contribution in [0.1, 0.15) is 52.4 Å². The Labute approximate surface area is 179 Å². The van der Waals surface area contributed by atoms with Gasteiger partial charge in [0.15, 0.2) is 0 Å². The van der Waals surface area contributed by atoms with Crippen molar-refractivity contribution < 1.29 is 9.59 Å². The van der Waals surface area contributed by atoms with Gasteiger partial charge >= 0.3 is 0 Å². The summed E-state index contributed by atoms with van der Waals surface area (Å²) in [6, 6.07) is 4.08. The third kappa shape index (κ3) is 2.77. The summed E-state index contributed by atoms with van der Waals surface area (Å²) in [5.74, 6) is 2.21. The Bertz CT molecular complexity index is 884. The third-order valence-electron chi connectivity index (χ3n) is 9.37. The summed E-state index contributed by atoms with van der Waals surface area (Å²) >= 11 is 0. The monoisotopic (exact) mass is 407 g/mol. The van der Waals surface area contributed by atoms with Crippen molar-refractivity contribution in [3.05, 3.63) is 36.7 Å². The number of hydrogen-bond acceptors (Lipinski definition) is 3. The Morgan fingerprint density at radius 2 is 2.00 bits per heavy atom. The van der Waals surface area contributed by atoms with E-state index in [0.717, 1.165) is 37.8 Å². The first-order valence-corrected chi connectivity index (χ1v) is 11.5. The molecular formula is C25H33N3O2. The lowest BCUT2D eigenvalue weighted by molar-refractivity contribution is -0.141. The zero-order valence-electron chi connectivity index (χ0n) is 18.3. The number of rotatable bonds is 2. The summed E-state index contributed by atoms with van der Waals surface area (Å²) in [4.78, 5) is 31.6. The molecule has 0 radical (unpaired) electrons. The van der Waals surface area contributed by atoms with E-state index < -0.39 is 0 Å². The number of amides is 2. The minimum absolute atomic E-state index is 0.0585. The van der Waals surface area contributed by atoms with Gasteiger partial charge in [-0.2, -0.15) is 0 Å². The molecule has 3 fully saturated rings.